The van der Waals surface area contributed by atoms with E-state index in [1.165, 1.54) is 0 Å². The van der Waals surface area contributed by atoms with Gasteiger partial charge in [0.1, 0.15) is 4.32 Å². The summed E-state index contributed by atoms with van der Waals surface area (Å²) in [5, 5.41) is 2.80. The maximum atomic E-state index is 4.55. The van der Waals surface area contributed by atoms with Crippen molar-refractivity contribution in [1.29, 1.82) is 0 Å². The molecule has 0 aromatic carbocycles. The van der Waals surface area contributed by atoms with Crippen molar-refractivity contribution in [3.05, 3.63) is 0 Å². The van der Waals surface area contributed by atoms with Crippen LogP contribution in [0.1, 0.15) is 6.92 Å². The molecule has 7 heavy (non-hydrogen) atoms. The van der Waals surface area contributed by atoms with Gasteiger partial charge < -0.3 is 5.32 Å². The molecule has 0 saturated heterocycles. The Hall–Kier alpha value is 1.24. The Labute approximate surface area is 76.9 Å². The zero-order chi connectivity index (χ0) is 4.99. The van der Waals surface area contributed by atoms with Gasteiger partial charge in [-0.25, -0.2) is 0 Å². The minimum atomic E-state index is 0. The summed E-state index contributed by atoms with van der Waals surface area (Å²) in [6.45, 7) is 2.84. The minimum Gasteiger partial charge on any atom is -0.371 e. The normalized spacial score (nSPS) is 6.57. The van der Waals surface area contributed by atoms with Gasteiger partial charge in [-0.05, 0) is 6.92 Å². The van der Waals surface area contributed by atoms with Crippen LogP contribution in [0.15, 0.2) is 0 Å². The van der Waals surface area contributed by atoms with Crippen LogP contribution in [0.2, 0.25) is 0 Å². The number of rotatable bonds is 1. The van der Waals surface area contributed by atoms with Crippen LogP contribution in [-0.4, -0.2) is 40.4 Å². The third-order valence-corrected chi connectivity index (χ3v) is 0.630. The quantitative estimate of drug-likeness (QED) is 0.314. The van der Waals surface area contributed by atoms with E-state index in [9.17, 15) is 0 Å². The van der Waals surface area contributed by atoms with Crippen LogP contribution in [0.3, 0.4) is 0 Å². The maximum Gasteiger partial charge on any atom is 0.130 e. The number of nitrogens with one attached hydrogen (secondary N) is 1. The average Bonchev–Trinajstić information content (AvgIpc) is 1.35. The van der Waals surface area contributed by atoms with Gasteiger partial charge in [0.05, 0.1) is 0 Å². The fourth-order valence-corrected chi connectivity index (χ4v) is 0.454. The Morgan fingerprint density at radius 1 is 1.86 bits per heavy atom. The third-order valence-electron chi connectivity index (χ3n) is 0.328. The predicted molar refractivity (Wildman–Crippen MR) is 41.0 cm³/mol. The zero-order valence-electron chi connectivity index (χ0n) is 4.56. The Bertz CT molecular complexity index is 56.9. The molecule has 0 heterocycles. The molecule has 0 atom stereocenters. The number of thiol groups is 1. The first-order valence-electron chi connectivity index (χ1n) is 1.74. The van der Waals surface area contributed by atoms with Crippen LogP contribution in [-0.2, 0) is 0 Å². The van der Waals surface area contributed by atoms with Crippen LogP contribution in [0, 0.1) is 0 Å². The van der Waals surface area contributed by atoms with Gasteiger partial charge in [0, 0.05) is 36.1 Å². The molecule has 0 saturated carbocycles. The molecule has 0 aliphatic rings. The summed E-state index contributed by atoms with van der Waals surface area (Å²) in [6, 6.07) is 0. The summed E-state index contributed by atoms with van der Waals surface area (Å²) in [5.41, 5.74) is 0. The zero-order valence-corrected chi connectivity index (χ0v) is 8.27. The first-order valence-corrected chi connectivity index (χ1v) is 2.59. The van der Waals surface area contributed by atoms with E-state index in [2.05, 4.69) is 30.2 Å². The Balaban J connectivity index is 0. The smallest absolute Gasteiger partial charge is 0.130 e. The van der Waals surface area contributed by atoms with Crippen molar-refractivity contribution in [2.45, 2.75) is 6.92 Å². The molecular weight excluding hydrogens is 137 g/mol. The standard InChI is InChI=1S/C3H7NS2.Na/c1-2-4-3(5)6;/h2H2,1H3,(H2,4,5,6);. The van der Waals surface area contributed by atoms with Crippen LogP contribution in [0.5, 0.6) is 0 Å². The summed E-state index contributed by atoms with van der Waals surface area (Å²) in [4.78, 5) is 0. The van der Waals surface area contributed by atoms with E-state index in [0.717, 1.165) is 6.54 Å². The van der Waals surface area contributed by atoms with Gasteiger partial charge >= 0.3 is 0 Å². The predicted octanol–water partition coefficient (Wildman–Crippen LogP) is 0.430. The minimum absolute atomic E-state index is 0. The molecule has 0 aromatic rings. The molecule has 0 aliphatic heterocycles. The van der Waals surface area contributed by atoms with Gasteiger partial charge in [0.2, 0.25) is 0 Å². The van der Waals surface area contributed by atoms with Gasteiger partial charge in [-0.1, -0.05) is 12.2 Å². The summed E-state index contributed by atoms with van der Waals surface area (Å²) >= 11 is 8.35. The second-order valence-electron chi connectivity index (χ2n) is 0.835. The molecule has 0 rings (SSSR count). The Morgan fingerprint density at radius 3 is 2.29 bits per heavy atom. The van der Waals surface area contributed by atoms with Crippen LogP contribution < -0.4 is 5.32 Å². The molecule has 0 aromatic heterocycles. The summed E-state index contributed by atoms with van der Waals surface area (Å²) in [7, 11) is 0. The van der Waals surface area contributed by atoms with Crippen molar-refractivity contribution in [3.8, 4) is 0 Å². The van der Waals surface area contributed by atoms with Crippen molar-refractivity contribution in [3.63, 3.8) is 0 Å². The topological polar surface area (TPSA) is 12.0 Å². The van der Waals surface area contributed by atoms with E-state index in [0.29, 0.717) is 4.32 Å². The molecule has 37 valence electrons. The number of thiocarbonyl (C=S) groups is 1. The first-order chi connectivity index (χ1) is 2.77. The van der Waals surface area contributed by atoms with Gasteiger partial charge in [-0.15, -0.1) is 12.6 Å². The van der Waals surface area contributed by atoms with Gasteiger partial charge in [0.25, 0.3) is 0 Å². The van der Waals surface area contributed by atoms with Crippen LogP contribution in [0.4, 0.5) is 0 Å². The van der Waals surface area contributed by atoms with Crippen molar-refractivity contribution in [1.82, 2.24) is 5.32 Å². The molecule has 0 aliphatic carbocycles. The monoisotopic (exact) mass is 144 g/mol. The van der Waals surface area contributed by atoms with E-state index in [1.807, 2.05) is 6.92 Å². The van der Waals surface area contributed by atoms with E-state index < -0.39 is 0 Å². The van der Waals surface area contributed by atoms with Crippen molar-refractivity contribution in [2.75, 3.05) is 6.54 Å². The third kappa shape index (κ3) is 11.1. The molecular formula is C3H7NNaS2. The maximum absolute atomic E-state index is 4.55. The summed E-state index contributed by atoms with van der Waals surface area (Å²) in [6.07, 6.45) is 0. The molecule has 0 bridgehead atoms. The number of hydrogen-bond acceptors (Lipinski definition) is 1. The van der Waals surface area contributed by atoms with Crippen molar-refractivity contribution < 1.29 is 0 Å². The second-order valence-corrected chi connectivity index (χ2v) is 1.99. The van der Waals surface area contributed by atoms with Crippen molar-refractivity contribution in [2.24, 2.45) is 0 Å². The SMILES string of the molecule is CCNC(=S)S.[Na]. The van der Waals surface area contributed by atoms with Gasteiger partial charge in [-0.2, -0.15) is 0 Å². The molecule has 0 unspecified atom stereocenters. The molecule has 0 amide bonds. The first kappa shape index (κ1) is 11.1. The fraction of sp³-hybridized carbons (Fsp3) is 0.667. The molecule has 1 nitrogen and oxygen atoms in total. The molecule has 1 radical (unpaired) electrons. The average molecular weight is 144 g/mol. The van der Waals surface area contributed by atoms with Crippen LogP contribution >= 0.6 is 24.8 Å². The molecule has 0 fully saturated rings. The summed E-state index contributed by atoms with van der Waals surface area (Å²) < 4.78 is 0.567. The molecule has 0 spiro atoms. The van der Waals surface area contributed by atoms with Crippen LogP contribution in [0.25, 0.3) is 0 Å². The number of hydrogen-bond donors (Lipinski definition) is 2. The summed E-state index contributed by atoms with van der Waals surface area (Å²) in [5.74, 6) is 0. The Kier molecular flexibility index (Phi) is 11.5. The molecule has 1 N–H and O–H groups in total. The van der Waals surface area contributed by atoms with Gasteiger partial charge in [0.15, 0.2) is 0 Å². The molecule has 4 heteroatoms. The van der Waals surface area contributed by atoms with Crippen molar-refractivity contribution >= 4 is 58.7 Å². The van der Waals surface area contributed by atoms with E-state index in [1.54, 1.807) is 0 Å². The van der Waals surface area contributed by atoms with E-state index in [4.69, 9.17) is 0 Å². The Morgan fingerprint density at radius 2 is 2.29 bits per heavy atom. The van der Waals surface area contributed by atoms with Gasteiger partial charge in [-0.3, -0.25) is 0 Å². The van der Waals surface area contributed by atoms with E-state index in [-0.39, 0.29) is 29.6 Å². The van der Waals surface area contributed by atoms with E-state index >= 15 is 0 Å². The second kappa shape index (κ2) is 7.24. The largest absolute Gasteiger partial charge is 0.371 e. The fourth-order valence-electron chi connectivity index (χ4n) is 0.151.